The summed E-state index contributed by atoms with van der Waals surface area (Å²) in [4.78, 5) is 26.8. The summed E-state index contributed by atoms with van der Waals surface area (Å²) in [5.41, 5.74) is 2.39. The number of cyclic esters (lactones) is 1. The average Bonchev–Trinajstić information content (AvgIpc) is 3.19. The van der Waals surface area contributed by atoms with E-state index >= 15 is 0 Å². The van der Waals surface area contributed by atoms with Crippen molar-refractivity contribution in [3.8, 4) is 11.5 Å². The van der Waals surface area contributed by atoms with Gasteiger partial charge >= 0.3 is 5.97 Å². The molecular formula is C24H18N2O6. The van der Waals surface area contributed by atoms with Crippen LogP contribution in [0.3, 0.4) is 0 Å². The summed E-state index contributed by atoms with van der Waals surface area (Å²) in [5, 5.41) is 10.8. The third-order valence-corrected chi connectivity index (χ3v) is 4.67. The summed E-state index contributed by atoms with van der Waals surface area (Å²) in [6.45, 7) is 0.214. The lowest BCUT2D eigenvalue weighted by atomic mass is 10.1. The standard InChI is InChI=1S/C24H18N2O6/c1-30-22-14-17(13-20-24(27)32-23(25-20)18-5-3-2-4-6-18)9-12-21(22)31-15-16-7-10-19(11-8-16)26(28)29/h2-14H,15H2,1H3. The van der Waals surface area contributed by atoms with Gasteiger partial charge in [0.05, 0.1) is 12.0 Å². The first-order valence-electron chi connectivity index (χ1n) is 9.65. The second kappa shape index (κ2) is 9.13. The fourth-order valence-electron chi connectivity index (χ4n) is 3.04. The largest absolute Gasteiger partial charge is 0.493 e. The van der Waals surface area contributed by atoms with Crippen molar-refractivity contribution in [3.05, 3.63) is 105 Å². The number of nitrogens with zero attached hydrogens (tertiary/aromatic N) is 2. The SMILES string of the molecule is COc1cc(C=C2N=C(c3ccccc3)OC2=O)ccc1OCc1ccc([N+](=O)[O-])cc1. The normalized spacial score (nSPS) is 14.1. The fraction of sp³-hybridized carbons (Fsp3) is 0.0833. The number of hydrogen-bond donors (Lipinski definition) is 0. The van der Waals surface area contributed by atoms with E-state index < -0.39 is 10.9 Å². The minimum Gasteiger partial charge on any atom is -0.493 e. The molecule has 1 aliphatic rings. The number of benzene rings is 3. The van der Waals surface area contributed by atoms with Crippen LogP contribution in [0, 0.1) is 10.1 Å². The molecule has 0 radical (unpaired) electrons. The van der Waals surface area contributed by atoms with Crippen LogP contribution in [0.15, 0.2) is 83.5 Å². The van der Waals surface area contributed by atoms with Crippen LogP contribution < -0.4 is 9.47 Å². The summed E-state index contributed by atoms with van der Waals surface area (Å²) < 4.78 is 16.5. The molecule has 0 aliphatic carbocycles. The van der Waals surface area contributed by atoms with E-state index in [1.165, 1.54) is 19.2 Å². The second-order valence-corrected chi connectivity index (χ2v) is 6.82. The van der Waals surface area contributed by atoms with Crippen LogP contribution in [0.1, 0.15) is 16.7 Å². The molecule has 160 valence electrons. The highest BCUT2D eigenvalue weighted by Crippen LogP contribution is 2.30. The van der Waals surface area contributed by atoms with E-state index in [9.17, 15) is 14.9 Å². The number of nitro groups is 1. The van der Waals surface area contributed by atoms with Crippen molar-refractivity contribution >= 4 is 23.6 Å². The van der Waals surface area contributed by atoms with Gasteiger partial charge in [0, 0.05) is 17.7 Å². The Kier molecular flexibility index (Phi) is 5.94. The van der Waals surface area contributed by atoms with E-state index in [4.69, 9.17) is 14.2 Å². The van der Waals surface area contributed by atoms with Crippen LogP contribution in [0.4, 0.5) is 5.69 Å². The minimum atomic E-state index is -0.527. The Bertz CT molecular complexity index is 1220. The lowest BCUT2D eigenvalue weighted by Gasteiger charge is -2.11. The van der Waals surface area contributed by atoms with Gasteiger partial charge in [-0.15, -0.1) is 0 Å². The summed E-state index contributed by atoms with van der Waals surface area (Å²) >= 11 is 0. The van der Waals surface area contributed by atoms with Crippen molar-refractivity contribution in [3.63, 3.8) is 0 Å². The first-order chi connectivity index (χ1) is 15.5. The first-order valence-corrected chi connectivity index (χ1v) is 9.65. The van der Waals surface area contributed by atoms with E-state index in [-0.39, 0.29) is 23.9 Å². The van der Waals surface area contributed by atoms with Crippen LogP contribution in [-0.2, 0) is 16.1 Å². The Morgan fingerprint density at radius 1 is 1.03 bits per heavy atom. The number of methoxy groups -OCH3 is 1. The van der Waals surface area contributed by atoms with Gasteiger partial charge < -0.3 is 14.2 Å². The molecule has 0 fully saturated rings. The summed E-state index contributed by atoms with van der Waals surface area (Å²) in [5.74, 6) is 0.702. The van der Waals surface area contributed by atoms with Crippen molar-refractivity contribution < 1.29 is 23.9 Å². The highest BCUT2D eigenvalue weighted by atomic mass is 16.6. The molecule has 1 aliphatic heterocycles. The van der Waals surface area contributed by atoms with Crippen molar-refractivity contribution in [2.45, 2.75) is 6.61 Å². The Balaban J connectivity index is 1.50. The Morgan fingerprint density at radius 2 is 1.78 bits per heavy atom. The van der Waals surface area contributed by atoms with Gasteiger partial charge in [0.15, 0.2) is 17.2 Å². The Hall–Kier alpha value is -4.46. The number of rotatable bonds is 7. The summed E-state index contributed by atoms with van der Waals surface area (Å²) in [7, 11) is 1.51. The van der Waals surface area contributed by atoms with Gasteiger partial charge in [-0.1, -0.05) is 24.3 Å². The second-order valence-electron chi connectivity index (χ2n) is 6.82. The van der Waals surface area contributed by atoms with Crippen molar-refractivity contribution in [2.75, 3.05) is 7.11 Å². The lowest BCUT2D eigenvalue weighted by molar-refractivity contribution is -0.384. The van der Waals surface area contributed by atoms with Gasteiger partial charge in [0.1, 0.15) is 6.61 Å². The molecule has 3 aromatic carbocycles. The molecule has 0 amide bonds. The first kappa shape index (κ1) is 20.8. The van der Waals surface area contributed by atoms with Crippen molar-refractivity contribution in [1.82, 2.24) is 0 Å². The molecule has 0 spiro atoms. The maximum Gasteiger partial charge on any atom is 0.363 e. The molecule has 32 heavy (non-hydrogen) atoms. The number of aliphatic imine (C=N–C) groups is 1. The van der Waals surface area contributed by atoms with Crippen molar-refractivity contribution in [1.29, 1.82) is 0 Å². The maximum absolute atomic E-state index is 12.2. The summed E-state index contributed by atoms with van der Waals surface area (Å²) in [6.07, 6.45) is 1.61. The lowest BCUT2D eigenvalue weighted by Crippen LogP contribution is -2.04. The van der Waals surface area contributed by atoms with E-state index in [2.05, 4.69) is 4.99 Å². The van der Waals surface area contributed by atoms with Gasteiger partial charge in [-0.3, -0.25) is 10.1 Å². The van der Waals surface area contributed by atoms with E-state index in [0.717, 1.165) is 11.1 Å². The van der Waals surface area contributed by atoms with Gasteiger partial charge in [0.2, 0.25) is 5.90 Å². The van der Waals surface area contributed by atoms with Crippen LogP contribution in [-0.4, -0.2) is 23.9 Å². The predicted octanol–water partition coefficient (Wildman–Crippen LogP) is 4.53. The van der Waals surface area contributed by atoms with Crippen LogP contribution in [0.5, 0.6) is 11.5 Å². The Morgan fingerprint density at radius 3 is 2.47 bits per heavy atom. The van der Waals surface area contributed by atoms with E-state index in [1.807, 2.05) is 30.3 Å². The quantitative estimate of drug-likeness (QED) is 0.236. The number of carbonyl (C=O) groups is 1. The van der Waals surface area contributed by atoms with Gasteiger partial charge in [-0.05, 0) is 53.6 Å². The van der Waals surface area contributed by atoms with Gasteiger partial charge in [-0.2, -0.15) is 0 Å². The molecule has 8 nitrogen and oxygen atoms in total. The molecule has 0 unspecified atom stereocenters. The molecule has 0 bridgehead atoms. The van der Waals surface area contributed by atoms with Crippen LogP contribution in [0.25, 0.3) is 6.08 Å². The van der Waals surface area contributed by atoms with E-state index in [1.54, 1.807) is 36.4 Å². The third-order valence-electron chi connectivity index (χ3n) is 4.67. The van der Waals surface area contributed by atoms with Gasteiger partial charge in [0.25, 0.3) is 5.69 Å². The average molecular weight is 430 g/mol. The Labute approximate surface area is 183 Å². The molecular weight excluding hydrogens is 412 g/mol. The number of esters is 1. The topological polar surface area (TPSA) is 100 Å². The van der Waals surface area contributed by atoms with Crippen LogP contribution in [0.2, 0.25) is 0 Å². The molecule has 0 aromatic heterocycles. The van der Waals surface area contributed by atoms with E-state index in [0.29, 0.717) is 17.1 Å². The van der Waals surface area contributed by atoms with Crippen LogP contribution >= 0.6 is 0 Å². The number of carbonyl (C=O) groups excluding carboxylic acids is 1. The minimum absolute atomic E-state index is 0.0206. The molecule has 0 saturated heterocycles. The molecule has 8 heteroatoms. The number of non-ortho nitro benzene ring substituents is 1. The van der Waals surface area contributed by atoms with Gasteiger partial charge in [-0.25, -0.2) is 9.79 Å². The smallest absolute Gasteiger partial charge is 0.363 e. The zero-order valence-electron chi connectivity index (χ0n) is 17.1. The molecule has 0 saturated carbocycles. The zero-order chi connectivity index (χ0) is 22.5. The maximum atomic E-state index is 12.2. The number of hydrogen-bond acceptors (Lipinski definition) is 7. The zero-order valence-corrected chi connectivity index (χ0v) is 17.1. The summed E-state index contributed by atoms with van der Waals surface area (Å²) in [6, 6.07) is 20.5. The monoisotopic (exact) mass is 430 g/mol. The molecule has 0 atom stereocenters. The highest BCUT2D eigenvalue weighted by Gasteiger charge is 2.24. The molecule has 1 heterocycles. The fourth-order valence-corrected chi connectivity index (χ4v) is 3.04. The molecule has 3 aromatic rings. The highest BCUT2D eigenvalue weighted by molar-refractivity contribution is 6.12. The predicted molar refractivity (Wildman–Crippen MR) is 117 cm³/mol. The van der Waals surface area contributed by atoms with Crippen molar-refractivity contribution in [2.24, 2.45) is 4.99 Å². The number of ether oxygens (including phenoxy) is 3. The molecule has 0 N–H and O–H groups in total. The third kappa shape index (κ3) is 4.65. The molecule has 4 rings (SSSR count). The number of nitro benzene ring substituents is 1.